The van der Waals surface area contributed by atoms with E-state index in [0.29, 0.717) is 17.8 Å². The van der Waals surface area contributed by atoms with Crippen molar-refractivity contribution in [3.63, 3.8) is 0 Å². The third-order valence-electron chi connectivity index (χ3n) is 4.44. The van der Waals surface area contributed by atoms with Gasteiger partial charge in [0.15, 0.2) is 11.6 Å². The highest BCUT2D eigenvalue weighted by Crippen LogP contribution is 2.37. The number of aliphatic hydroxyl groups is 1. The predicted octanol–water partition coefficient (Wildman–Crippen LogP) is 2.32. The topological polar surface area (TPSA) is 32.7 Å². The van der Waals surface area contributed by atoms with Gasteiger partial charge in [0.2, 0.25) is 0 Å². The Kier molecular flexibility index (Phi) is 3.46. The third kappa shape index (κ3) is 2.47. The van der Waals surface area contributed by atoms with Crippen molar-refractivity contribution in [3.05, 3.63) is 29.6 Å². The minimum atomic E-state index is -0.301. The van der Waals surface area contributed by atoms with E-state index in [1.807, 2.05) is 6.07 Å². The molecule has 2 saturated heterocycles. The minimum absolute atomic E-state index is 0.152. The predicted molar refractivity (Wildman–Crippen MR) is 70.5 cm³/mol. The number of hydrogen-bond donors (Lipinski definition) is 1. The number of piperidine rings is 1. The summed E-state index contributed by atoms with van der Waals surface area (Å²) in [5.74, 6) is -0.00909. The van der Waals surface area contributed by atoms with Crippen LogP contribution in [0.1, 0.15) is 31.2 Å². The second-order valence-electron chi connectivity index (χ2n) is 5.65. The van der Waals surface area contributed by atoms with Crippen molar-refractivity contribution < 1.29 is 14.2 Å². The Morgan fingerprint density at radius 2 is 2.00 bits per heavy atom. The summed E-state index contributed by atoms with van der Waals surface area (Å²) in [6, 6.07) is 6.08. The summed E-state index contributed by atoms with van der Waals surface area (Å²) in [5, 5.41) is 9.78. The maximum Gasteiger partial charge on any atom is 0.165 e. The molecular weight excluding hydrogens is 245 g/mol. The first-order valence-electron chi connectivity index (χ1n) is 6.93. The van der Waals surface area contributed by atoms with Crippen molar-refractivity contribution in [3.8, 4) is 5.75 Å². The van der Waals surface area contributed by atoms with Gasteiger partial charge in [0, 0.05) is 18.6 Å². The van der Waals surface area contributed by atoms with Crippen molar-refractivity contribution in [2.24, 2.45) is 0 Å². The van der Waals surface area contributed by atoms with Gasteiger partial charge >= 0.3 is 0 Å². The lowest BCUT2D eigenvalue weighted by Gasteiger charge is -2.37. The first kappa shape index (κ1) is 12.9. The maximum atomic E-state index is 13.7. The second kappa shape index (κ2) is 5.10. The Hall–Kier alpha value is -1.13. The van der Waals surface area contributed by atoms with Gasteiger partial charge < -0.3 is 9.84 Å². The molecule has 1 N–H and O–H groups in total. The number of aliphatic hydroxyl groups excluding tert-OH is 1. The van der Waals surface area contributed by atoms with Gasteiger partial charge in [-0.15, -0.1) is 0 Å². The van der Waals surface area contributed by atoms with Gasteiger partial charge in [-0.05, 0) is 43.4 Å². The maximum absolute atomic E-state index is 13.7. The van der Waals surface area contributed by atoms with E-state index >= 15 is 0 Å². The van der Waals surface area contributed by atoms with Crippen LogP contribution >= 0.6 is 0 Å². The van der Waals surface area contributed by atoms with Gasteiger partial charge in [0.1, 0.15) is 0 Å². The van der Waals surface area contributed by atoms with Crippen molar-refractivity contribution in [2.75, 3.05) is 7.11 Å². The van der Waals surface area contributed by atoms with E-state index in [0.717, 1.165) is 37.8 Å². The fraction of sp³-hybridized carbons (Fsp3) is 0.600. The SMILES string of the molecule is COc1ccc(CN2[C@@H]3CC[C@H]2CC(O)C3)cc1F. The molecule has 1 unspecified atom stereocenters. The highest BCUT2D eigenvalue weighted by molar-refractivity contribution is 5.29. The summed E-state index contributed by atoms with van der Waals surface area (Å²) in [6.07, 6.45) is 3.87. The first-order valence-corrected chi connectivity index (χ1v) is 6.93. The van der Waals surface area contributed by atoms with Crippen LogP contribution in [0.5, 0.6) is 5.75 Å². The molecule has 19 heavy (non-hydrogen) atoms. The largest absolute Gasteiger partial charge is 0.494 e. The lowest BCUT2D eigenvalue weighted by Crippen LogP contribution is -2.44. The van der Waals surface area contributed by atoms with Crippen LogP contribution in [0.2, 0.25) is 0 Å². The first-order chi connectivity index (χ1) is 9.17. The lowest BCUT2D eigenvalue weighted by molar-refractivity contribution is 0.0310. The molecule has 2 heterocycles. The van der Waals surface area contributed by atoms with E-state index in [-0.39, 0.29) is 11.9 Å². The Labute approximate surface area is 113 Å². The Balaban J connectivity index is 1.73. The number of rotatable bonds is 3. The van der Waals surface area contributed by atoms with Crippen molar-refractivity contribution in [1.29, 1.82) is 0 Å². The zero-order chi connectivity index (χ0) is 13.4. The molecule has 0 saturated carbocycles. The Morgan fingerprint density at radius 1 is 1.32 bits per heavy atom. The molecule has 2 aliphatic heterocycles. The summed E-state index contributed by atoms with van der Waals surface area (Å²) >= 11 is 0. The van der Waals surface area contributed by atoms with Crippen molar-refractivity contribution >= 4 is 0 Å². The number of benzene rings is 1. The molecule has 104 valence electrons. The van der Waals surface area contributed by atoms with Gasteiger partial charge in [0.25, 0.3) is 0 Å². The molecule has 2 bridgehead atoms. The molecule has 3 nitrogen and oxygen atoms in total. The second-order valence-corrected chi connectivity index (χ2v) is 5.65. The molecule has 0 spiro atoms. The minimum Gasteiger partial charge on any atom is -0.494 e. The van der Waals surface area contributed by atoms with E-state index < -0.39 is 0 Å². The monoisotopic (exact) mass is 265 g/mol. The summed E-state index contributed by atoms with van der Waals surface area (Å²) < 4.78 is 18.6. The van der Waals surface area contributed by atoms with Gasteiger partial charge in [-0.1, -0.05) is 6.07 Å². The Morgan fingerprint density at radius 3 is 2.58 bits per heavy atom. The van der Waals surface area contributed by atoms with Crippen LogP contribution in [0, 0.1) is 5.82 Å². The molecule has 1 aromatic rings. The van der Waals surface area contributed by atoms with Crippen LogP contribution in [0.25, 0.3) is 0 Å². The summed E-state index contributed by atoms with van der Waals surface area (Å²) in [5.41, 5.74) is 0.978. The van der Waals surface area contributed by atoms with Gasteiger partial charge in [0.05, 0.1) is 13.2 Å². The fourth-order valence-electron chi connectivity index (χ4n) is 3.52. The van der Waals surface area contributed by atoms with E-state index in [2.05, 4.69) is 4.90 Å². The smallest absolute Gasteiger partial charge is 0.165 e. The summed E-state index contributed by atoms with van der Waals surface area (Å²) in [7, 11) is 1.48. The zero-order valence-corrected chi connectivity index (χ0v) is 11.2. The van der Waals surface area contributed by atoms with Crippen LogP contribution in [0.4, 0.5) is 4.39 Å². The van der Waals surface area contributed by atoms with E-state index in [4.69, 9.17) is 4.74 Å². The van der Waals surface area contributed by atoms with Gasteiger partial charge in [-0.25, -0.2) is 4.39 Å². The number of hydrogen-bond acceptors (Lipinski definition) is 3. The average molecular weight is 265 g/mol. The fourth-order valence-corrected chi connectivity index (χ4v) is 3.52. The quantitative estimate of drug-likeness (QED) is 0.910. The zero-order valence-electron chi connectivity index (χ0n) is 11.2. The molecule has 2 fully saturated rings. The van der Waals surface area contributed by atoms with Crippen LogP contribution in [-0.2, 0) is 6.54 Å². The molecule has 2 aliphatic rings. The molecule has 0 radical (unpaired) electrons. The molecule has 0 amide bonds. The van der Waals surface area contributed by atoms with Crippen molar-refractivity contribution in [2.45, 2.75) is 50.4 Å². The summed E-state index contributed by atoms with van der Waals surface area (Å²) in [6.45, 7) is 0.767. The number of ether oxygens (including phenoxy) is 1. The van der Waals surface area contributed by atoms with Crippen molar-refractivity contribution in [1.82, 2.24) is 4.90 Å². The van der Waals surface area contributed by atoms with Crippen LogP contribution < -0.4 is 4.74 Å². The van der Waals surface area contributed by atoms with Gasteiger partial charge in [-0.2, -0.15) is 0 Å². The standard InChI is InChI=1S/C15H20FNO2/c1-19-15-5-2-10(6-14(15)16)9-17-11-3-4-12(17)8-13(18)7-11/h2,5-6,11-13,18H,3-4,7-9H2,1H3/t11-,12+,13?. The summed E-state index contributed by atoms with van der Waals surface area (Å²) in [4.78, 5) is 2.42. The molecule has 3 rings (SSSR count). The third-order valence-corrected chi connectivity index (χ3v) is 4.44. The molecule has 0 aromatic heterocycles. The van der Waals surface area contributed by atoms with Crippen LogP contribution in [-0.4, -0.2) is 35.3 Å². The lowest BCUT2D eigenvalue weighted by atomic mass is 9.99. The van der Waals surface area contributed by atoms with E-state index in [1.165, 1.54) is 7.11 Å². The number of halogens is 1. The Bertz CT molecular complexity index is 451. The van der Waals surface area contributed by atoms with Crippen LogP contribution in [0.15, 0.2) is 18.2 Å². The average Bonchev–Trinajstić information content (AvgIpc) is 2.62. The van der Waals surface area contributed by atoms with E-state index in [1.54, 1.807) is 12.1 Å². The number of nitrogens with zero attached hydrogens (tertiary/aromatic N) is 1. The molecule has 4 heteroatoms. The molecule has 0 aliphatic carbocycles. The molecule has 1 aromatic carbocycles. The molecule has 3 atom stereocenters. The number of fused-ring (bicyclic) bond motifs is 2. The molecular formula is C15H20FNO2. The van der Waals surface area contributed by atoms with E-state index in [9.17, 15) is 9.50 Å². The normalized spacial score (nSPS) is 30.6. The number of methoxy groups -OCH3 is 1. The van der Waals surface area contributed by atoms with Gasteiger partial charge in [-0.3, -0.25) is 4.90 Å². The highest BCUT2D eigenvalue weighted by atomic mass is 19.1. The van der Waals surface area contributed by atoms with Crippen LogP contribution in [0.3, 0.4) is 0 Å². The highest BCUT2D eigenvalue weighted by Gasteiger charge is 2.39.